The molecule has 0 atom stereocenters. The molecule has 0 fully saturated rings. The fourth-order valence-electron chi connectivity index (χ4n) is 3.69. The van der Waals surface area contributed by atoms with E-state index in [-0.39, 0.29) is 17.2 Å². The van der Waals surface area contributed by atoms with E-state index in [1.165, 1.54) is 0 Å². The van der Waals surface area contributed by atoms with Crippen LogP contribution in [0.3, 0.4) is 0 Å². The smallest absolute Gasteiger partial charge is 0.255 e. The second kappa shape index (κ2) is 9.53. The average molecular weight is 435 g/mol. The molecule has 0 spiro atoms. The molecule has 0 bridgehead atoms. The zero-order valence-electron chi connectivity index (χ0n) is 18.7. The van der Waals surface area contributed by atoms with Gasteiger partial charge < -0.3 is 10.6 Å². The summed E-state index contributed by atoms with van der Waals surface area (Å²) >= 11 is 0. The van der Waals surface area contributed by atoms with Crippen molar-refractivity contribution < 1.29 is 9.59 Å². The molecule has 33 heavy (non-hydrogen) atoms. The minimum atomic E-state index is -0.289. The molecule has 4 aromatic carbocycles. The van der Waals surface area contributed by atoms with Crippen LogP contribution in [0, 0.1) is 0 Å². The maximum Gasteiger partial charge on any atom is 0.255 e. The zero-order chi connectivity index (χ0) is 23.3. The molecule has 2 amide bonds. The molecule has 4 aromatic rings. The molecular formula is C29H26N2O2. The summed E-state index contributed by atoms with van der Waals surface area (Å²) in [5.74, 6) is -0.279. The third kappa shape index (κ3) is 5.18. The topological polar surface area (TPSA) is 58.2 Å². The van der Waals surface area contributed by atoms with Gasteiger partial charge in [-0.3, -0.25) is 9.59 Å². The summed E-state index contributed by atoms with van der Waals surface area (Å²) in [6, 6.07) is 34.1. The second-order valence-electron chi connectivity index (χ2n) is 8.42. The van der Waals surface area contributed by atoms with Gasteiger partial charge in [-0.1, -0.05) is 74.5 Å². The normalized spacial score (nSPS) is 11.0. The molecule has 2 N–H and O–H groups in total. The number of nitrogens with one attached hydrogen (secondary N) is 2. The van der Waals surface area contributed by atoms with Gasteiger partial charge in [-0.15, -0.1) is 0 Å². The number of carbonyl (C=O) groups is 2. The number of hydrogen-bond acceptors (Lipinski definition) is 2. The Morgan fingerprint density at radius 3 is 1.18 bits per heavy atom. The van der Waals surface area contributed by atoms with E-state index in [9.17, 15) is 9.59 Å². The molecule has 164 valence electrons. The summed E-state index contributed by atoms with van der Waals surface area (Å²) in [5, 5.41) is 5.81. The van der Waals surface area contributed by atoms with Gasteiger partial charge in [0.15, 0.2) is 0 Å². The van der Waals surface area contributed by atoms with Crippen LogP contribution < -0.4 is 10.6 Å². The monoisotopic (exact) mass is 434 g/mol. The van der Waals surface area contributed by atoms with Crippen molar-refractivity contribution in [1.82, 2.24) is 0 Å². The van der Waals surface area contributed by atoms with Gasteiger partial charge in [0.1, 0.15) is 0 Å². The third-order valence-corrected chi connectivity index (χ3v) is 5.80. The first-order valence-corrected chi connectivity index (χ1v) is 10.9. The second-order valence-corrected chi connectivity index (χ2v) is 8.42. The molecule has 4 rings (SSSR count). The maximum absolute atomic E-state index is 12.5. The SMILES string of the molecule is CC(C)(c1ccc(C(=O)Nc2ccccc2)cc1)c1ccc(C(=O)Nc2ccccc2)cc1. The molecule has 0 aromatic heterocycles. The van der Waals surface area contributed by atoms with Crippen molar-refractivity contribution >= 4 is 23.2 Å². The van der Waals surface area contributed by atoms with Crippen molar-refractivity contribution in [2.45, 2.75) is 19.3 Å². The Kier molecular flexibility index (Phi) is 6.36. The van der Waals surface area contributed by atoms with E-state index in [2.05, 4.69) is 24.5 Å². The number of anilines is 2. The Morgan fingerprint density at radius 2 is 0.848 bits per heavy atom. The highest BCUT2D eigenvalue weighted by atomic mass is 16.2. The lowest BCUT2D eigenvalue weighted by atomic mass is 9.77. The molecule has 0 aliphatic heterocycles. The highest BCUT2D eigenvalue weighted by molar-refractivity contribution is 6.04. The minimum absolute atomic E-state index is 0.140. The highest BCUT2D eigenvalue weighted by Gasteiger charge is 2.23. The van der Waals surface area contributed by atoms with Gasteiger partial charge in [0.05, 0.1) is 0 Å². The first-order chi connectivity index (χ1) is 15.9. The van der Waals surface area contributed by atoms with Crippen molar-refractivity contribution in [2.24, 2.45) is 0 Å². The molecule has 0 saturated heterocycles. The summed E-state index contributed by atoms with van der Waals surface area (Å²) in [4.78, 5) is 25.1. The van der Waals surface area contributed by atoms with E-state index in [4.69, 9.17) is 0 Å². The van der Waals surface area contributed by atoms with Crippen molar-refractivity contribution in [3.05, 3.63) is 131 Å². The zero-order valence-corrected chi connectivity index (χ0v) is 18.7. The maximum atomic E-state index is 12.5. The molecular weight excluding hydrogens is 408 g/mol. The lowest BCUT2D eigenvalue weighted by molar-refractivity contribution is 0.101. The summed E-state index contributed by atoms with van der Waals surface area (Å²) in [6.07, 6.45) is 0. The third-order valence-electron chi connectivity index (χ3n) is 5.80. The van der Waals surface area contributed by atoms with E-state index in [1.807, 2.05) is 109 Å². The first-order valence-electron chi connectivity index (χ1n) is 10.9. The Labute approximate surface area is 194 Å². The van der Waals surface area contributed by atoms with Crippen LogP contribution in [0.15, 0.2) is 109 Å². The average Bonchev–Trinajstić information content (AvgIpc) is 2.85. The standard InChI is InChI=1S/C29H26N2O2/c1-29(2,23-17-13-21(14-18-23)27(32)30-25-9-5-3-6-10-25)24-19-15-22(16-20-24)28(33)31-26-11-7-4-8-12-26/h3-20H,1-2H3,(H,30,32)(H,31,33). The molecule has 4 nitrogen and oxygen atoms in total. The first kappa shape index (κ1) is 22.0. The lowest BCUT2D eigenvalue weighted by Crippen LogP contribution is -2.20. The van der Waals surface area contributed by atoms with Crippen molar-refractivity contribution in [2.75, 3.05) is 10.6 Å². The Bertz CT molecular complexity index is 1130. The van der Waals surface area contributed by atoms with Crippen molar-refractivity contribution in [3.8, 4) is 0 Å². The van der Waals surface area contributed by atoms with Crippen LogP contribution in [0.1, 0.15) is 45.7 Å². The van der Waals surface area contributed by atoms with E-state index in [0.717, 1.165) is 22.5 Å². The number of hydrogen-bond donors (Lipinski definition) is 2. The van der Waals surface area contributed by atoms with Crippen molar-refractivity contribution in [3.63, 3.8) is 0 Å². The summed E-state index contributed by atoms with van der Waals surface area (Å²) in [6.45, 7) is 4.26. The number of amides is 2. The molecule has 0 radical (unpaired) electrons. The molecule has 0 aliphatic rings. The van der Waals surface area contributed by atoms with E-state index >= 15 is 0 Å². The summed E-state index contributed by atoms with van der Waals surface area (Å²) < 4.78 is 0. The highest BCUT2D eigenvalue weighted by Crippen LogP contribution is 2.32. The van der Waals surface area contributed by atoms with Crippen LogP contribution in [-0.2, 0) is 5.41 Å². The fraction of sp³-hybridized carbons (Fsp3) is 0.103. The Hall–Kier alpha value is -4.18. The van der Waals surface area contributed by atoms with Gasteiger partial charge in [-0.2, -0.15) is 0 Å². The Balaban J connectivity index is 1.46. The van der Waals surface area contributed by atoms with E-state index in [1.54, 1.807) is 0 Å². The summed E-state index contributed by atoms with van der Waals surface area (Å²) in [7, 11) is 0. The van der Waals surface area contributed by atoms with E-state index in [0.29, 0.717) is 11.1 Å². The number of benzene rings is 4. The quantitative estimate of drug-likeness (QED) is 0.363. The largest absolute Gasteiger partial charge is 0.322 e. The van der Waals surface area contributed by atoms with Gasteiger partial charge in [-0.05, 0) is 59.7 Å². The number of para-hydroxylation sites is 2. The van der Waals surface area contributed by atoms with Gasteiger partial charge in [0, 0.05) is 27.9 Å². The van der Waals surface area contributed by atoms with Gasteiger partial charge in [0.25, 0.3) is 11.8 Å². The minimum Gasteiger partial charge on any atom is -0.322 e. The molecule has 0 heterocycles. The van der Waals surface area contributed by atoms with Gasteiger partial charge in [0.2, 0.25) is 0 Å². The van der Waals surface area contributed by atoms with Crippen LogP contribution >= 0.6 is 0 Å². The van der Waals surface area contributed by atoms with Gasteiger partial charge in [-0.25, -0.2) is 0 Å². The predicted octanol–water partition coefficient (Wildman–Crippen LogP) is 6.52. The predicted molar refractivity (Wildman–Crippen MR) is 134 cm³/mol. The molecule has 0 unspecified atom stereocenters. The molecule has 4 heteroatoms. The van der Waals surface area contributed by atoms with E-state index < -0.39 is 0 Å². The number of carbonyl (C=O) groups excluding carboxylic acids is 2. The molecule has 0 saturated carbocycles. The summed E-state index contributed by atoms with van der Waals surface area (Å²) in [5.41, 5.74) is 4.62. The Morgan fingerprint density at radius 1 is 0.515 bits per heavy atom. The van der Waals surface area contributed by atoms with Crippen LogP contribution in [0.25, 0.3) is 0 Å². The van der Waals surface area contributed by atoms with Crippen LogP contribution in [0.2, 0.25) is 0 Å². The van der Waals surface area contributed by atoms with Crippen LogP contribution in [0.4, 0.5) is 11.4 Å². The van der Waals surface area contributed by atoms with Gasteiger partial charge >= 0.3 is 0 Å². The lowest BCUT2D eigenvalue weighted by Gasteiger charge is -2.26. The van der Waals surface area contributed by atoms with Crippen LogP contribution in [0.5, 0.6) is 0 Å². The fourth-order valence-corrected chi connectivity index (χ4v) is 3.69. The van der Waals surface area contributed by atoms with Crippen molar-refractivity contribution in [1.29, 1.82) is 0 Å². The number of rotatable bonds is 6. The molecule has 0 aliphatic carbocycles. The van der Waals surface area contributed by atoms with Crippen LogP contribution in [-0.4, -0.2) is 11.8 Å².